The lowest BCUT2D eigenvalue weighted by Gasteiger charge is -2.20. The van der Waals surface area contributed by atoms with Crippen molar-refractivity contribution in [2.75, 3.05) is 0 Å². The van der Waals surface area contributed by atoms with E-state index in [1.807, 2.05) is 0 Å². The number of furan rings is 1. The van der Waals surface area contributed by atoms with Gasteiger partial charge >= 0.3 is 5.97 Å². The van der Waals surface area contributed by atoms with Crippen molar-refractivity contribution in [1.82, 2.24) is 5.32 Å². The average Bonchev–Trinajstić information content (AvgIpc) is 2.83. The number of ether oxygens (including phenoxy) is 1. The highest BCUT2D eigenvalue weighted by Gasteiger charge is 2.20. The molecule has 1 heterocycles. The highest BCUT2D eigenvalue weighted by Crippen LogP contribution is 2.21. The molecule has 1 aliphatic carbocycles. The van der Waals surface area contributed by atoms with Crippen LogP contribution >= 0.6 is 0 Å². The Kier molecular flexibility index (Phi) is 6.00. The van der Waals surface area contributed by atoms with Gasteiger partial charge in [0.2, 0.25) is 11.7 Å². The molecular weight excluding hydrogens is 286 g/mol. The van der Waals surface area contributed by atoms with E-state index in [0.717, 1.165) is 25.7 Å². The first-order valence-corrected chi connectivity index (χ1v) is 7.81. The summed E-state index contributed by atoms with van der Waals surface area (Å²) in [4.78, 5) is 22.7. The monoisotopic (exact) mass is 309 g/mol. The molecule has 0 radical (unpaired) electrons. The van der Waals surface area contributed by atoms with Gasteiger partial charge in [-0.3, -0.25) is 4.79 Å². The van der Waals surface area contributed by atoms with E-state index in [0.29, 0.717) is 5.76 Å². The van der Waals surface area contributed by atoms with Gasteiger partial charge in [0.1, 0.15) is 11.9 Å². The van der Waals surface area contributed by atoms with E-state index in [1.54, 1.807) is 13.0 Å². The van der Waals surface area contributed by atoms with Gasteiger partial charge in [0.05, 0.1) is 12.6 Å². The van der Waals surface area contributed by atoms with Crippen molar-refractivity contribution in [1.29, 1.82) is 0 Å². The second-order valence-electron chi connectivity index (χ2n) is 5.68. The van der Waals surface area contributed by atoms with Crippen LogP contribution in [0.3, 0.4) is 0 Å². The minimum absolute atomic E-state index is 0.132. The van der Waals surface area contributed by atoms with E-state index >= 15 is 0 Å². The molecule has 1 saturated carbocycles. The summed E-state index contributed by atoms with van der Waals surface area (Å²) in [6.07, 6.45) is 6.46. The van der Waals surface area contributed by atoms with Gasteiger partial charge in [-0.1, -0.05) is 25.7 Å². The number of nitrogens with one attached hydrogen (secondary N) is 1. The number of carboxylic acids is 1. The van der Waals surface area contributed by atoms with Crippen LogP contribution in [0.25, 0.3) is 0 Å². The van der Waals surface area contributed by atoms with Gasteiger partial charge in [-0.25, -0.2) is 4.79 Å². The lowest BCUT2D eigenvalue weighted by molar-refractivity contribution is -0.136. The van der Waals surface area contributed by atoms with Crippen molar-refractivity contribution >= 4 is 11.9 Å². The van der Waals surface area contributed by atoms with Crippen molar-refractivity contribution in [2.45, 2.75) is 64.2 Å². The molecule has 0 aliphatic heterocycles. The second-order valence-corrected chi connectivity index (χ2v) is 5.68. The molecule has 6 heteroatoms. The maximum Gasteiger partial charge on any atom is 0.371 e. The van der Waals surface area contributed by atoms with E-state index in [9.17, 15) is 9.59 Å². The summed E-state index contributed by atoms with van der Waals surface area (Å²) >= 11 is 0. The van der Waals surface area contributed by atoms with Crippen LogP contribution in [-0.2, 0) is 16.1 Å². The molecule has 0 aromatic carbocycles. The fraction of sp³-hybridized carbons (Fsp3) is 0.625. The van der Waals surface area contributed by atoms with Crippen LogP contribution in [0.4, 0.5) is 0 Å². The maximum atomic E-state index is 12.0. The zero-order chi connectivity index (χ0) is 15.9. The fourth-order valence-electron chi connectivity index (χ4n) is 2.63. The molecule has 1 unspecified atom stereocenters. The Morgan fingerprint density at radius 1 is 1.32 bits per heavy atom. The second kappa shape index (κ2) is 7.98. The Bertz CT molecular complexity index is 502. The smallest absolute Gasteiger partial charge is 0.371 e. The third-order valence-corrected chi connectivity index (χ3v) is 3.88. The average molecular weight is 309 g/mol. The minimum atomic E-state index is -1.12. The van der Waals surface area contributed by atoms with Crippen LogP contribution in [0.2, 0.25) is 0 Å². The number of carbonyl (C=O) groups is 2. The number of amides is 1. The molecule has 1 aromatic heterocycles. The number of rotatable bonds is 6. The third-order valence-electron chi connectivity index (χ3n) is 3.88. The molecule has 6 nitrogen and oxygen atoms in total. The predicted octanol–water partition coefficient (Wildman–Crippen LogP) is 2.72. The molecule has 1 amide bonds. The Morgan fingerprint density at radius 2 is 2.00 bits per heavy atom. The summed E-state index contributed by atoms with van der Waals surface area (Å²) in [5, 5.41) is 11.5. The van der Waals surface area contributed by atoms with Gasteiger partial charge in [0.25, 0.3) is 0 Å². The summed E-state index contributed by atoms with van der Waals surface area (Å²) in [6.45, 7) is 1.90. The topological polar surface area (TPSA) is 88.8 Å². The number of carbonyl (C=O) groups excluding carboxylic acids is 1. The zero-order valence-electron chi connectivity index (χ0n) is 12.8. The first-order chi connectivity index (χ1) is 10.6. The number of carboxylic acid groups (broad SMARTS) is 1. The molecule has 1 atom stereocenters. The van der Waals surface area contributed by atoms with Crippen LogP contribution in [0, 0.1) is 0 Å². The molecule has 22 heavy (non-hydrogen) atoms. The van der Waals surface area contributed by atoms with Gasteiger partial charge in [-0.05, 0) is 31.9 Å². The number of hydrogen-bond acceptors (Lipinski definition) is 4. The van der Waals surface area contributed by atoms with Gasteiger partial charge in [-0.15, -0.1) is 0 Å². The van der Waals surface area contributed by atoms with Crippen molar-refractivity contribution in [3.63, 3.8) is 0 Å². The van der Waals surface area contributed by atoms with E-state index < -0.39 is 12.1 Å². The quantitative estimate of drug-likeness (QED) is 0.789. The van der Waals surface area contributed by atoms with Crippen molar-refractivity contribution in [3.8, 4) is 0 Å². The molecule has 2 rings (SSSR count). The normalized spacial score (nSPS) is 17.7. The van der Waals surface area contributed by atoms with E-state index in [-0.39, 0.29) is 24.3 Å². The molecular formula is C16H23NO5. The first kappa shape index (κ1) is 16.5. The molecule has 122 valence electrons. The van der Waals surface area contributed by atoms with E-state index in [4.69, 9.17) is 14.3 Å². The summed E-state index contributed by atoms with van der Waals surface area (Å²) in [5.74, 6) is -1.06. The third kappa shape index (κ3) is 4.87. The van der Waals surface area contributed by atoms with Crippen LogP contribution in [0.15, 0.2) is 16.5 Å². The van der Waals surface area contributed by atoms with Gasteiger partial charge in [0.15, 0.2) is 0 Å². The molecule has 1 aliphatic rings. The molecule has 2 N–H and O–H groups in total. The molecule has 0 bridgehead atoms. The van der Waals surface area contributed by atoms with Crippen LogP contribution in [0.1, 0.15) is 61.8 Å². The summed E-state index contributed by atoms with van der Waals surface area (Å²) in [6, 6.07) is 2.91. The van der Waals surface area contributed by atoms with Crippen molar-refractivity contribution in [3.05, 3.63) is 23.7 Å². The standard InChI is InChI=1S/C16H23NO5/c1-11(21-12-6-4-2-3-5-7-12)15(18)17-10-13-8-9-14(22-13)16(19)20/h8-9,11-12H,2-7,10H2,1H3,(H,17,18)(H,19,20). The van der Waals surface area contributed by atoms with E-state index in [1.165, 1.54) is 18.9 Å². The summed E-state index contributed by atoms with van der Waals surface area (Å²) in [5.41, 5.74) is 0. The first-order valence-electron chi connectivity index (χ1n) is 7.81. The number of hydrogen-bond donors (Lipinski definition) is 2. The maximum absolute atomic E-state index is 12.0. The lowest BCUT2D eigenvalue weighted by atomic mass is 10.1. The SMILES string of the molecule is CC(OC1CCCCCC1)C(=O)NCc1ccc(C(=O)O)o1. The fourth-order valence-corrected chi connectivity index (χ4v) is 2.63. The Hall–Kier alpha value is -1.82. The van der Waals surface area contributed by atoms with Crippen LogP contribution < -0.4 is 5.32 Å². The zero-order valence-corrected chi connectivity index (χ0v) is 12.8. The molecule has 0 saturated heterocycles. The Balaban J connectivity index is 1.76. The van der Waals surface area contributed by atoms with Gasteiger partial charge in [0, 0.05) is 0 Å². The van der Waals surface area contributed by atoms with Crippen molar-refractivity contribution < 1.29 is 23.8 Å². The van der Waals surface area contributed by atoms with Gasteiger partial charge < -0.3 is 19.6 Å². The lowest BCUT2D eigenvalue weighted by Crippen LogP contribution is -2.36. The Morgan fingerprint density at radius 3 is 2.59 bits per heavy atom. The molecule has 1 fully saturated rings. The van der Waals surface area contributed by atoms with Crippen LogP contribution in [-0.4, -0.2) is 29.2 Å². The highest BCUT2D eigenvalue weighted by atomic mass is 16.5. The largest absolute Gasteiger partial charge is 0.475 e. The molecule has 0 spiro atoms. The minimum Gasteiger partial charge on any atom is -0.475 e. The van der Waals surface area contributed by atoms with Crippen LogP contribution in [0.5, 0.6) is 0 Å². The van der Waals surface area contributed by atoms with Crippen molar-refractivity contribution in [2.24, 2.45) is 0 Å². The summed E-state index contributed by atoms with van der Waals surface area (Å²) in [7, 11) is 0. The Labute approximate surface area is 129 Å². The molecule has 1 aromatic rings. The highest BCUT2D eigenvalue weighted by molar-refractivity contribution is 5.84. The van der Waals surface area contributed by atoms with Gasteiger partial charge in [-0.2, -0.15) is 0 Å². The number of aromatic carboxylic acids is 1. The summed E-state index contributed by atoms with van der Waals surface area (Å²) < 4.78 is 10.9. The predicted molar refractivity (Wildman–Crippen MR) is 79.6 cm³/mol. The van der Waals surface area contributed by atoms with E-state index in [2.05, 4.69) is 5.32 Å².